The van der Waals surface area contributed by atoms with Crippen LogP contribution in [0, 0.1) is 19.7 Å². The topological polar surface area (TPSA) is 56.2 Å². The van der Waals surface area contributed by atoms with Gasteiger partial charge in [0.2, 0.25) is 0 Å². The maximum Gasteiger partial charge on any atom is 0.330 e. The van der Waals surface area contributed by atoms with E-state index in [1.807, 2.05) is 0 Å². The van der Waals surface area contributed by atoms with Crippen molar-refractivity contribution in [3.8, 4) is 0 Å². The molecule has 0 bridgehead atoms. The van der Waals surface area contributed by atoms with Gasteiger partial charge in [-0.1, -0.05) is 24.3 Å². The highest BCUT2D eigenvalue weighted by atomic mass is 19.3. The molecular weight excluding hydrogens is 445 g/mol. The Labute approximate surface area is 187 Å². The number of rotatable bonds is 9. The van der Waals surface area contributed by atoms with Crippen molar-refractivity contribution in [3.63, 3.8) is 0 Å². The van der Waals surface area contributed by atoms with Crippen molar-refractivity contribution in [2.24, 2.45) is 0 Å². The number of nitrogens with zero attached hydrogens (tertiary/aromatic N) is 2. The molecule has 0 atom stereocenters. The molecule has 0 unspecified atom stereocenters. The van der Waals surface area contributed by atoms with Crippen LogP contribution >= 0.6 is 0 Å². The molecule has 0 aliphatic carbocycles. The van der Waals surface area contributed by atoms with Crippen molar-refractivity contribution >= 4 is 11.6 Å². The number of alkyl halides is 4. The molecule has 0 saturated heterocycles. The first-order valence-electron chi connectivity index (χ1n) is 9.99. The van der Waals surface area contributed by atoms with Crippen LogP contribution in [-0.4, -0.2) is 34.6 Å². The van der Waals surface area contributed by atoms with E-state index in [9.17, 15) is 26.7 Å². The van der Waals surface area contributed by atoms with Crippen LogP contribution in [0.2, 0.25) is 0 Å². The molecule has 0 radical (unpaired) electrons. The zero-order valence-electron chi connectivity index (χ0n) is 17.9. The Morgan fingerprint density at radius 1 is 1.12 bits per heavy atom. The van der Waals surface area contributed by atoms with Crippen LogP contribution in [0.15, 0.2) is 48.5 Å². The summed E-state index contributed by atoms with van der Waals surface area (Å²) in [5, 5.41) is 7.18. The van der Waals surface area contributed by atoms with Crippen LogP contribution in [0.3, 0.4) is 0 Å². The van der Waals surface area contributed by atoms with E-state index in [4.69, 9.17) is 4.74 Å². The molecule has 0 saturated carbocycles. The van der Waals surface area contributed by atoms with Crippen LogP contribution in [0.1, 0.15) is 32.9 Å². The number of benzene rings is 2. The monoisotopic (exact) mass is 467 g/mol. The Morgan fingerprint density at radius 3 is 2.52 bits per heavy atom. The molecule has 1 N–H and O–H groups in total. The number of ether oxygens (including phenoxy) is 1. The van der Waals surface area contributed by atoms with E-state index in [1.54, 1.807) is 30.7 Å². The Kier molecular flexibility index (Phi) is 7.47. The number of aryl methyl sites for hydroxylation is 1. The average Bonchev–Trinajstić information content (AvgIpc) is 3.01. The standard InChI is InChI=1S/C23H22F5N3O2/c1-14-20(15(2)31(30-14)11-16-5-4-8-19(24)10-16)29-21(32)18-7-3-6-17(9-18)12-33-13-23(27,28)22(25)26/h3-10,22H,11-13H2,1-2H3,(H,29,32). The summed E-state index contributed by atoms with van der Waals surface area (Å²) < 4.78 is 70.2. The van der Waals surface area contributed by atoms with Gasteiger partial charge in [0.25, 0.3) is 5.91 Å². The second-order valence-corrected chi connectivity index (χ2v) is 7.54. The summed E-state index contributed by atoms with van der Waals surface area (Å²) in [4.78, 5) is 12.7. The van der Waals surface area contributed by atoms with E-state index in [2.05, 4.69) is 10.4 Å². The number of aromatic nitrogens is 2. The van der Waals surface area contributed by atoms with E-state index in [0.717, 1.165) is 0 Å². The number of hydrogen-bond acceptors (Lipinski definition) is 3. The Balaban J connectivity index is 1.68. The molecule has 0 fully saturated rings. The van der Waals surface area contributed by atoms with E-state index in [-0.39, 0.29) is 18.0 Å². The number of anilines is 1. The number of hydrogen-bond donors (Lipinski definition) is 1. The van der Waals surface area contributed by atoms with E-state index in [0.29, 0.717) is 34.7 Å². The highest BCUT2D eigenvalue weighted by molar-refractivity contribution is 6.05. The van der Waals surface area contributed by atoms with Gasteiger partial charge < -0.3 is 10.1 Å². The first-order valence-corrected chi connectivity index (χ1v) is 9.99. The van der Waals surface area contributed by atoms with Gasteiger partial charge in [-0.2, -0.15) is 13.9 Å². The fourth-order valence-electron chi connectivity index (χ4n) is 3.20. The summed E-state index contributed by atoms with van der Waals surface area (Å²) in [5.41, 5.74) is 3.04. The van der Waals surface area contributed by atoms with Crippen LogP contribution in [0.4, 0.5) is 27.6 Å². The average molecular weight is 467 g/mol. The van der Waals surface area contributed by atoms with Crippen LogP contribution in [0.5, 0.6) is 0 Å². The molecule has 176 valence electrons. The predicted octanol–water partition coefficient (Wildman–Crippen LogP) is 5.36. The number of carbonyl (C=O) groups excluding carboxylic acids is 1. The van der Waals surface area contributed by atoms with E-state index < -0.39 is 24.9 Å². The molecule has 3 aromatic rings. The minimum atomic E-state index is -4.24. The highest BCUT2D eigenvalue weighted by Gasteiger charge is 2.40. The number of halogens is 5. The molecule has 0 aliphatic rings. The maximum absolute atomic E-state index is 13.5. The first kappa shape index (κ1) is 24.4. The van der Waals surface area contributed by atoms with Gasteiger partial charge >= 0.3 is 12.3 Å². The number of carbonyl (C=O) groups is 1. The molecule has 3 rings (SSSR count). The largest absolute Gasteiger partial charge is 0.370 e. The van der Waals surface area contributed by atoms with Gasteiger partial charge in [0, 0.05) is 5.56 Å². The van der Waals surface area contributed by atoms with Crippen molar-refractivity contribution in [2.75, 3.05) is 11.9 Å². The van der Waals surface area contributed by atoms with Crippen LogP contribution in [-0.2, 0) is 17.9 Å². The Bertz CT molecular complexity index is 1130. The van der Waals surface area contributed by atoms with E-state index in [1.165, 1.54) is 36.4 Å². The molecule has 1 amide bonds. The summed E-state index contributed by atoms with van der Waals surface area (Å²) in [5.74, 6) is -5.06. The summed E-state index contributed by atoms with van der Waals surface area (Å²) in [6.07, 6.45) is -3.82. The third kappa shape index (κ3) is 6.16. The highest BCUT2D eigenvalue weighted by Crippen LogP contribution is 2.24. The SMILES string of the molecule is Cc1nn(Cc2cccc(F)c2)c(C)c1NC(=O)c1cccc(COCC(F)(F)C(F)F)c1. The van der Waals surface area contributed by atoms with E-state index >= 15 is 0 Å². The van der Waals surface area contributed by atoms with Crippen molar-refractivity contribution in [2.45, 2.75) is 39.3 Å². The van der Waals surface area contributed by atoms with Crippen molar-refractivity contribution < 1.29 is 31.5 Å². The molecular formula is C23H22F5N3O2. The van der Waals surface area contributed by atoms with Gasteiger partial charge in [-0.25, -0.2) is 13.2 Å². The quantitative estimate of drug-likeness (QED) is 0.432. The fraction of sp³-hybridized carbons (Fsp3) is 0.304. The van der Waals surface area contributed by atoms with Gasteiger partial charge in [0.05, 0.1) is 30.2 Å². The molecule has 5 nitrogen and oxygen atoms in total. The lowest BCUT2D eigenvalue weighted by molar-refractivity contribution is -0.168. The molecule has 33 heavy (non-hydrogen) atoms. The van der Waals surface area contributed by atoms with Gasteiger partial charge in [-0.05, 0) is 49.2 Å². The predicted molar refractivity (Wildman–Crippen MR) is 112 cm³/mol. The van der Waals surface area contributed by atoms with Crippen molar-refractivity contribution in [1.29, 1.82) is 0 Å². The summed E-state index contributed by atoms with van der Waals surface area (Å²) in [6, 6.07) is 12.1. The molecule has 0 aliphatic heterocycles. The summed E-state index contributed by atoms with van der Waals surface area (Å²) in [6.45, 7) is 2.02. The number of nitrogens with one attached hydrogen (secondary N) is 1. The number of amides is 1. The Morgan fingerprint density at radius 2 is 1.82 bits per heavy atom. The minimum absolute atomic E-state index is 0.230. The normalized spacial score (nSPS) is 11.8. The minimum Gasteiger partial charge on any atom is -0.370 e. The fourth-order valence-corrected chi connectivity index (χ4v) is 3.20. The molecule has 10 heteroatoms. The van der Waals surface area contributed by atoms with Crippen molar-refractivity contribution in [1.82, 2.24) is 9.78 Å². The zero-order chi connectivity index (χ0) is 24.2. The first-order chi connectivity index (χ1) is 15.6. The zero-order valence-corrected chi connectivity index (χ0v) is 17.9. The lowest BCUT2D eigenvalue weighted by atomic mass is 10.1. The van der Waals surface area contributed by atoms with Gasteiger partial charge in [0.15, 0.2) is 0 Å². The molecule has 1 aromatic heterocycles. The van der Waals surface area contributed by atoms with Gasteiger partial charge in [-0.3, -0.25) is 9.48 Å². The van der Waals surface area contributed by atoms with Gasteiger partial charge in [0.1, 0.15) is 12.4 Å². The third-order valence-electron chi connectivity index (χ3n) is 4.91. The second kappa shape index (κ2) is 10.1. The molecule has 1 heterocycles. The lowest BCUT2D eigenvalue weighted by Crippen LogP contribution is -2.32. The smallest absolute Gasteiger partial charge is 0.330 e. The lowest BCUT2D eigenvalue weighted by Gasteiger charge is -2.15. The summed E-state index contributed by atoms with van der Waals surface area (Å²) >= 11 is 0. The maximum atomic E-state index is 13.5. The summed E-state index contributed by atoms with van der Waals surface area (Å²) in [7, 11) is 0. The van der Waals surface area contributed by atoms with Crippen LogP contribution in [0.25, 0.3) is 0 Å². The van der Waals surface area contributed by atoms with Crippen molar-refractivity contribution in [3.05, 3.63) is 82.4 Å². The molecule has 0 spiro atoms. The van der Waals surface area contributed by atoms with Gasteiger partial charge in [-0.15, -0.1) is 0 Å². The molecule has 2 aromatic carbocycles. The Hall–Kier alpha value is -3.27. The third-order valence-corrected chi connectivity index (χ3v) is 4.91. The second-order valence-electron chi connectivity index (χ2n) is 7.54. The van der Waals surface area contributed by atoms with Crippen LogP contribution < -0.4 is 5.32 Å².